The van der Waals surface area contributed by atoms with Crippen LogP contribution in [-0.4, -0.2) is 35.3 Å². The van der Waals surface area contributed by atoms with Crippen molar-refractivity contribution in [3.8, 4) is 5.75 Å². The number of methoxy groups -OCH3 is 1. The number of hydrogen-bond donors (Lipinski definition) is 0. The zero-order valence-electron chi connectivity index (χ0n) is 13.2. The zero-order valence-corrected chi connectivity index (χ0v) is 14.0. The minimum absolute atomic E-state index is 0.0896. The van der Waals surface area contributed by atoms with E-state index in [0.717, 1.165) is 10.6 Å². The Morgan fingerprint density at radius 3 is 1.95 bits per heavy atom. The lowest BCUT2D eigenvalue weighted by Gasteiger charge is -2.33. The molecule has 1 atom stereocenters. The van der Waals surface area contributed by atoms with Crippen LogP contribution in [0.4, 0.5) is 0 Å². The predicted molar refractivity (Wildman–Crippen MR) is 85.4 cm³/mol. The van der Waals surface area contributed by atoms with Gasteiger partial charge in [-0.25, -0.2) is 0 Å². The average molecular weight is 295 g/mol. The van der Waals surface area contributed by atoms with E-state index in [0.29, 0.717) is 0 Å². The number of carbonyl (C=O) groups excluding carboxylic acids is 1. The summed E-state index contributed by atoms with van der Waals surface area (Å²) in [5, 5.41) is -0.0896. The monoisotopic (exact) mass is 295 g/mol. The van der Waals surface area contributed by atoms with Gasteiger partial charge < -0.3 is 9.64 Å². The highest BCUT2D eigenvalue weighted by molar-refractivity contribution is 8.00. The summed E-state index contributed by atoms with van der Waals surface area (Å²) >= 11 is 1.59. The van der Waals surface area contributed by atoms with Crippen LogP contribution in [-0.2, 0) is 4.79 Å². The molecule has 0 radical (unpaired) electrons. The highest BCUT2D eigenvalue weighted by Gasteiger charge is 2.25. The van der Waals surface area contributed by atoms with Crippen LogP contribution in [0.3, 0.4) is 0 Å². The van der Waals surface area contributed by atoms with Crippen molar-refractivity contribution < 1.29 is 9.53 Å². The number of benzene rings is 1. The molecule has 0 N–H and O–H groups in total. The normalized spacial score (nSPS) is 12.6. The van der Waals surface area contributed by atoms with Crippen LogP contribution in [0.5, 0.6) is 5.75 Å². The number of nitrogens with zero attached hydrogens (tertiary/aromatic N) is 1. The van der Waals surface area contributed by atoms with E-state index in [4.69, 9.17) is 4.74 Å². The average Bonchev–Trinajstić information content (AvgIpc) is 2.38. The number of amides is 1. The fraction of sp³-hybridized carbons (Fsp3) is 0.562. The fourth-order valence-corrected chi connectivity index (χ4v) is 3.15. The first-order valence-corrected chi connectivity index (χ1v) is 7.87. The van der Waals surface area contributed by atoms with Crippen LogP contribution < -0.4 is 4.74 Å². The molecule has 0 saturated heterocycles. The van der Waals surface area contributed by atoms with Crippen molar-refractivity contribution in [2.45, 2.75) is 56.8 Å². The van der Waals surface area contributed by atoms with Gasteiger partial charge in [-0.05, 0) is 58.9 Å². The second-order valence-corrected chi connectivity index (χ2v) is 6.78. The van der Waals surface area contributed by atoms with Crippen LogP contribution >= 0.6 is 11.8 Å². The minimum atomic E-state index is -0.0896. The van der Waals surface area contributed by atoms with E-state index in [2.05, 4.69) is 27.7 Å². The molecule has 0 bridgehead atoms. The second kappa shape index (κ2) is 7.58. The SMILES string of the molecule is COc1ccc(SC(C)C(=O)N(C(C)C)C(C)C)cc1. The molecule has 1 rings (SSSR count). The van der Waals surface area contributed by atoms with Crippen LogP contribution in [0, 0.1) is 0 Å². The van der Waals surface area contributed by atoms with Gasteiger partial charge in [0.2, 0.25) is 5.91 Å². The lowest BCUT2D eigenvalue weighted by molar-refractivity contribution is -0.133. The van der Waals surface area contributed by atoms with E-state index in [1.807, 2.05) is 36.1 Å². The van der Waals surface area contributed by atoms with E-state index in [9.17, 15) is 4.79 Å². The molecule has 1 aromatic rings. The van der Waals surface area contributed by atoms with E-state index in [1.54, 1.807) is 18.9 Å². The third kappa shape index (κ3) is 4.44. The maximum absolute atomic E-state index is 12.5. The Bertz CT molecular complexity index is 421. The maximum Gasteiger partial charge on any atom is 0.236 e. The standard InChI is InChI=1S/C16H25NO2S/c1-11(2)17(12(3)4)16(18)13(5)20-15-9-7-14(19-6)8-10-15/h7-13H,1-6H3. The summed E-state index contributed by atoms with van der Waals surface area (Å²) in [6, 6.07) is 8.26. The molecule has 0 aliphatic rings. The van der Waals surface area contributed by atoms with Crippen molar-refractivity contribution in [2.24, 2.45) is 0 Å². The topological polar surface area (TPSA) is 29.5 Å². The molecule has 1 unspecified atom stereocenters. The van der Waals surface area contributed by atoms with Gasteiger partial charge in [-0.15, -0.1) is 11.8 Å². The van der Waals surface area contributed by atoms with Crippen molar-refractivity contribution in [1.82, 2.24) is 4.90 Å². The Hall–Kier alpha value is -1.16. The van der Waals surface area contributed by atoms with Gasteiger partial charge in [0, 0.05) is 17.0 Å². The summed E-state index contributed by atoms with van der Waals surface area (Å²) in [7, 11) is 1.65. The number of rotatable bonds is 6. The van der Waals surface area contributed by atoms with Crippen molar-refractivity contribution in [2.75, 3.05) is 7.11 Å². The van der Waals surface area contributed by atoms with Gasteiger partial charge in [0.05, 0.1) is 12.4 Å². The Morgan fingerprint density at radius 2 is 1.55 bits per heavy atom. The first-order chi connectivity index (χ1) is 9.36. The molecule has 4 heteroatoms. The molecule has 0 fully saturated rings. The maximum atomic E-state index is 12.5. The third-order valence-electron chi connectivity index (χ3n) is 3.09. The lowest BCUT2D eigenvalue weighted by atomic mass is 10.2. The van der Waals surface area contributed by atoms with Gasteiger partial charge in [0.15, 0.2) is 0 Å². The molecule has 3 nitrogen and oxygen atoms in total. The van der Waals surface area contributed by atoms with Gasteiger partial charge >= 0.3 is 0 Å². The lowest BCUT2D eigenvalue weighted by Crippen LogP contribution is -2.45. The number of hydrogen-bond acceptors (Lipinski definition) is 3. The number of thioether (sulfide) groups is 1. The van der Waals surface area contributed by atoms with Crippen molar-refractivity contribution in [1.29, 1.82) is 0 Å². The summed E-state index contributed by atoms with van der Waals surface area (Å²) in [4.78, 5) is 15.6. The molecule has 1 amide bonds. The first kappa shape index (κ1) is 16.9. The van der Waals surface area contributed by atoms with Crippen molar-refractivity contribution in [3.05, 3.63) is 24.3 Å². The molecular weight excluding hydrogens is 270 g/mol. The summed E-state index contributed by atoms with van der Waals surface area (Å²) < 4.78 is 5.14. The summed E-state index contributed by atoms with van der Waals surface area (Å²) in [5.41, 5.74) is 0. The molecule has 20 heavy (non-hydrogen) atoms. The third-order valence-corrected chi connectivity index (χ3v) is 4.19. The molecule has 0 heterocycles. The van der Waals surface area contributed by atoms with Gasteiger partial charge in [0.25, 0.3) is 0 Å². The predicted octanol–water partition coefficient (Wildman–Crippen LogP) is 3.82. The zero-order chi connectivity index (χ0) is 15.3. The largest absolute Gasteiger partial charge is 0.497 e. The molecule has 0 aromatic heterocycles. The highest BCUT2D eigenvalue weighted by Crippen LogP contribution is 2.27. The molecular formula is C16H25NO2S. The first-order valence-electron chi connectivity index (χ1n) is 6.99. The Morgan fingerprint density at radius 1 is 1.05 bits per heavy atom. The van der Waals surface area contributed by atoms with E-state index < -0.39 is 0 Å². The van der Waals surface area contributed by atoms with Crippen LogP contribution in [0.15, 0.2) is 29.2 Å². The number of ether oxygens (including phenoxy) is 1. The second-order valence-electron chi connectivity index (χ2n) is 5.37. The van der Waals surface area contributed by atoms with Crippen LogP contribution in [0.25, 0.3) is 0 Å². The molecule has 0 spiro atoms. The Kier molecular flexibility index (Phi) is 6.40. The molecule has 0 aliphatic heterocycles. The summed E-state index contributed by atoms with van der Waals surface area (Å²) in [6.45, 7) is 10.2. The van der Waals surface area contributed by atoms with Crippen LogP contribution in [0.2, 0.25) is 0 Å². The smallest absolute Gasteiger partial charge is 0.236 e. The van der Waals surface area contributed by atoms with Gasteiger partial charge in [-0.1, -0.05) is 0 Å². The molecule has 0 saturated carbocycles. The molecule has 1 aromatic carbocycles. The quantitative estimate of drug-likeness (QED) is 0.747. The molecule has 112 valence electrons. The highest BCUT2D eigenvalue weighted by atomic mass is 32.2. The fourth-order valence-electron chi connectivity index (χ4n) is 2.22. The van der Waals surface area contributed by atoms with Crippen molar-refractivity contribution in [3.63, 3.8) is 0 Å². The van der Waals surface area contributed by atoms with Gasteiger partial charge in [-0.2, -0.15) is 0 Å². The van der Waals surface area contributed by atoms with Crippen LogP contribution in [0.1, 0.15) is 34.6 Å². The van der Waals surface area contributed by atoms with E-state index in [1.165, 1.54) is 0 Å². The van der Waals surface area contributed by atoms with E-state index in [-0.39, 0.29) is 23.2 Å². The summed E-state index contributed by atoms with van der Waals surface area (Å²) in [5.74, 6) is 1.02. The number of carbonyl (C=O) groups is 1. The van der Waals surface area contributed by atoms with E-state index >= 15 is 0 Å². The van der Waals surface area contributed by atoms with Gasteiger partial charge in [0.1, 0.15) is 5.75 Å². The summed E-state index contributed by atoms with van der Waals surface area (Å²) in [6.07, 6.45) is 0. The Labute approximate surface area is 126 Å². The minimum Gasteiger partial charge on any atom is -0.497 e. The molecule has 0 aliphatic carbocycles. The van der Waals surface area contributed by atoms with Gasteiger partial charge in [-0.3, -0.25) is 4.79 Å². The Balaban J connectivity index is 2.73. The van der Waals surface area contributed by atoms with Crippen molar-refractivity contribution >= 4 is 17.7 Å².